The molecular weight excluding hydrogens is 371 g/mol. The van der Waals surface area contributed by atoms with E-state index in [1.54, 1.807) is 6.92 Å². The first kappa shape index (κ1) is 23.0. The fourth-order valence-electron chi connectivity index (χ4n) is 2.86. The fourth-order valence-corrected chi connectivity index (χ4v) is 3.79. The largest absolute Gasteiger partial charge is 0.401 e. The lowest BCUT2D eigenvalue weighted by Gasteiger charge is -2.20. The Bertz CT molecular complexity index is 554. The zero-order chi connectivity index (χ0) is 19.8. The average molecular weight is 401 g/mol. The molecule has 1 atom stereocenters. The normalized spacial score (nSPS) is 20.0. The quantitative estimate of drug-likeness (QED) is 0.340. The molecule has 0 amide bonds. The van der Waals surface area contributed by atoms with Gasteiger partial charge in [-0.2, -0.15) is 13.2 Å². The summed E-state index contributed by atoms with van der Waals surface area (Å²) in [5.74, 6) is 0.550. The van der Waals surface area contributed by atoms with Crippen molar-refractivity contribution < 1.29 is 21.6 Å². The number of hydrogen-bond acceptors (Lipinski definition) is 4. The van der Waals surface area contributed by atoms with Gasteiger partial charge in [0.2, 0.25) is 10.0 Å². The van der Waals surface area contributed by atoms with E-state index in [0.29, 0.717) is 58.1 Å². The first-order valence-corrected chi connectivity index (χ1v) is 10.7. The first-order valence-electron chi connectivity index (χ1n) is 8.84. The van der Waals surface area contributed by atoms with Crippen molar-refractivity contribution >= 4 is 16.0 Å². The van der Waals surface area contributed by atoms with E-state index < -0.39 is 22.7 Å². The van der Waals surface area contributed by atoms with Gasteiger partial charge < -0.3 is 10.6 Å². The Morgan fingerprint density at radius 2 is 2.04 bits per heavy atom. The molecular formula is C15H30F3N5O2S. The van der Waals surface area contributed by atoms with Crippen molar-refractivity contribution in [2.45, 2.75) is 38.9 Å². The van der Waals surface area contributed by atoms with Gasteiger partial charge in [-0.15, -0.1) is 0 Å². The number of hydrogen-bond donors (Lipinski definition) is 2. The average Bonchev–Trinajstić information content (AvgIpc) is 2.90. The Hall–Kier alpha value is -1.07. The zero-order valence-corrected chi connectivity index (χ0v) is 16.5. The van der Waals surface area contributed by atoms with Crippen molar-refractivity contribution in [2.75, 3.05) is 52.1 Å². The minimum Gasteiger partial charge on any atom is -0.357 e. The lowest BCUT2D eigenvalue weighted by molar-refractivity contribution is -0.143. The lowest BCUT2D eigenvalue weighted by Crippen LogP contribution is -2.45. The molecule has 0 radical (unpaired) electrons. The monoisotopic (exact) mass is 401 g/mol. The van der Waals surface area contributed by atoms with Gasteiger partial charge in [-0.05, 0) is 19.8 Å². The summed E-state index contributed by atoms with van der Waals surface area (Å²) in [5, 5.41) is 6.23. The summed E-state index contributed by atoms with van der Waals surface area (Å²) in [7, 11) is -3.21. The summed E-state index contributed by atoms with van der Waals surface area (Å²) in [6.45, 7) is 5.39. The van der Waals surface area contributed by atoms with Crippen molar-refractivity contribution in [3.8, 4) is 0 Å². The molecule has 1 rings (SSSR count). The number of rotatable bonds is 9. The van der Waals surface area contributed by atoms with E-state index in [1.807, 2.05) is 6.92 Å². The van der Waals surface area contributed by atoms with E-state index in [-0.39, 0.29) is 6.04 Å². The van der Waals surface area contributed by atoms with Gasteiger partial charge in [-0.25, -0.2) is 12.7 Å². The van der Waals surface area contributed by atoms with Gasteiger partial charge in [0, 0.05) is 45.3 Å². The summed E-state index contributed by atoms with van der Waals surface area (Å²) in [4.78, 5) is 5.78. The minimum absolute atomic E-state index is 0.0849. The molecule has 0 spiro atoms. The molecule has 0 bridgehead atoms. The molecule has 26 heavy (non-hydrogen) atoms. The van der Waals surface area contributed by atoms with Crippen LogP contribution in [0.5, 0.6) is 0 Å². The second kappa shape index (κ2) is 10.3. The van der Waals surface area contributed by atoms with Gasteiger partial charge in [0.25, 0.3) is 0 Å². The summed E-state index contributed by atoms with van der Waals surface area (Å²) < 4.78 is 61.8. The molecule has 0 aromatic heterocycles. The van der Waals surface area contributed by atoms with Crippen LogP contribution in [0.3, 0.4) is 0 Å². The van der Waals surface area contributed by atoms with Gasteiger partial charge in [0.1, 0.15) is 0 Å². The SMILES string of the molecule is CCNC(=NCCCN(CC)S(C)(=O)=O)NC1CCN(CC(F)(F)F)C1. The predicted octanol–water partition coefficient (Wildman–Crippen LogP) is 0.850. The Balaban J connectivity index is 2.47. The molecule has 0 saturated carbocycles. The number of nitrogens with one attached hydrogen (secondary N) is 2. The van der Waals surface area contributed by atoms with Gasteiger partial charge in [-0.1, -0.05) is 6.92 Å². The third-order valence-electron chi connectivity index (χ3n) is 4.02. The molecule has 1 aliphatic heterocycles. The second-order valence-corrected chi connectivity index (χ2v) is 8.33. The highest BCUT2D eigenvalue weighted by atomic mass is 32.2. The smallest absolute Gasteiger partial charge is 0.357 e. The molecule has 1 fully saturated rings. The van der Waals surface area contributed by atoms with Gasteiger partial charge in [-0.3, -0.25) is 9.89 Å². The van der Waals surface area contributed by atoms with E-state index in [1.165, 1.54) is 15.5 Å². The van der Waals surface area contributed by atoms with Crippen LogP contribution in [0.1, 0.15) is 26.7 Å². The summed E-state index contributed by atoms with van der Waals surface area (Å²) in [6.07, 6.45) is -1.81. The number of sulfonamides is 1. The summed E-state index contributed by atoms with van der Waals surface area (Å²) >= 11 is 0. The van der Waals surface area contributed by atoms with Crippen LogP contribution >= 0.6 is 0 Å². The van der Waals surface area contributed by atoms with Crippen LogP contribution in [0.4, 0.5) is 13.2 Å². The van der Waals surface area contributed by atoms with Crippen LogP contribution < -0.4 is 10.6 Å². The maximum atomic E-state index is 12.5. The minimum atomic E-state index is -4.18. The molecule has 1 unspecified atom stereocenters. The highest BCUT2D eigenvalue weighted by Gasteiger charge is 2.34. The predicted molar refractivity (Wildman–Crippen MR) is 96.7 cm³/mol. The Morgan fingerprint density at radius 1 is 1.35 bits per heavy atom. The van der Waals surface area contributed by atoms with Crippen LogP contribution in [-0.4, -0.2) is 87.9 Å². The van der Waals surface area contributed by atoms with E-state index >= 15 is 0 Å². The Morgan fingerprint density at radius 3 is 2.58 bits per heavy atom. The van der Waals surface area contributed by atoms with E-state index in [9.17, 15) is 21.6 Å². The van der Waals surface area contributed by atoms with E-state index in [0.717, 1.165) is 0 Å². The number of aliphatic imine (C=N–C) groups is 1. The third-order valence-corrected chi connectivity index (χ3v) is 5.40. The van der Waals surface area contributed by atoms with Crippen LogP contribution in [0, 0.1) is 0 Å². The molecule has 2 N–H and O–H groups in total. The van der Waals surface area contributed by atoms with E-state index in [4.69, 9.17) is 0 Å². The van der Waals surface area contributed by atoms with Crippen molar-refractivity contribution in [1.82, 2.24) is 19.8 Å². The number of guanidine groups is 1. The number of likely N-dealkylation sites (tertiary alicyclic amines) is 1. The van der Waals surface area contributed by atoms with Crippen molar-refractivity contribution in [2.24, 2.45) is 4.99 Å². The molecule has 154 valence electrons. The maximum absolute atomic E-state index is 12.5. The lowest BCUT2D eigenvalue weighted by atomic mass is 10.3. The molecule has 1 aliphatic rings. The van der Waals surface area contributed by atoms with Crippen molar-refractivity contribution in [3.63, 3.8) is 0 Å². The zero-order valence-electron chi connectivity index (χ0n) is 15.6. The van der Waals surface area contributed by atoms with Crippen LogP contribution in [0.25, 0.3) is 0 Å². The van der Waals surface area contributed by atoms with Crippen LogP contribution in [-0.2, 0) is 10.0 Å². The van der Waals surface area contributed by atoms with Gasteiger partial charge in [0.15, 0.2) is 5.96 Å². The molecule has 0 aliphatic carbocycles. The van der Waals surface area contributed by atoms with E-state index in [2.05, 4.69) is 15.6 Å². The third kappa shape index (κ3) is 9.04. The molecule has 1 heterocycles. The molecule has 0 aromatic rings. The fraction of sp³-hybridized carbons (Fsp3) is 0.933. The summed E-state index contributed by atoms with van der Waals surface area (Å²) in [6, 6.07) is -0.0849. The van der Waals surface area contributed by atoms with Gasteiger partial charge in [0.05, 0.1) is 12.8 Å². The standard InChI is InChI=1S/C15H30F3N5O2S/c1-4-19-14(20-8-6-9-23(5-2)26(3,24)25)21-13-7-10-22(11-13)12-15(16,17)18/h13H,4-12H2,1-3H3,(H2,19,20,21). The second-order valence-electron chi connectivity index (χ2n) is 6.35. The highest BCUT2D eigenvalue weighted by molar-refractivity contribution is 7.88. The highest BCUT2D eigenvalue weighted by Crippen LogP contribution is 2.19. The summed E-state index contributed by atoms with van der Waals surface area (Å²) in [5.41, 5.74) is 0. The van der Waals surface area contributed by atoms with Crippen molar-refractivity contribution in [3.05, 3.63) is 0 Å². The first-order chi connectivity index (χ1) is 12.0. The number of alkyl halides is 3. The van der Waals surface area contributed by atoms with Gasteiger partial charge >= 0.3 is 6.18 Å². The van der Waals surface area contributed by atoms with Crippen molar-refractivity contribution in [1.29, 1.82) is 0 Å². The maximum Gasteiger partial charge on any atom is 0.401 e. The molecule has 11 heteroatoms. The van der Waals surface area contributed by atoms with Crippen LogP contribution in [0.15, 0.2) is 4.99 Å². The number of nitrogens with zero attached hydrogens (tertiary/aromatic N) is 3. The Labute approximate surface area is 154 Å². The molecule has 0 aromatic carbocycles. The molecule has 1 saturated heterocycles. The topological polar surface area (TPSA) is 77.0 Å². The number of halogens is 3. The molecule has 7 nitrogen and oxygen atoms in total. The Kier molecular flexibility index (Phi) is 9.11. The van der Waals surface area contributed by atoms with Crippen LogP contribution in [0.2, 0.25) is 0 Å².